The van der Waals surface area contributed by atoms with Gasteiger partial charge in [-0.15, -0.1) is 0 Å². The van der Waals surface area contributed by atoms with Gasteiger partial charge in [0.25, 0.3) is 0 Å². The number of aliphatic hydroxyl groups is 1. The maximum absolute atomic E-state index is 14.4. The predicted octanol–water partition coefficient (Wildman–Crippen LogP) is 2.76. The number of hydrogen-bond acceptors (Lipinski definition) is 10. The van der Waals surface area contributed by atoms with Crippen LogP contribution in [0.15, 0.2) is 23.0 Å². The molecule has 3 aliphatic carbocycles. The molecule has 5 fully saturated rings. The van der Waals surface area contributed by atoms with E-state index >= 15 is 0 Å². The Morgan fingerprint density at radius 1 is 1.15 bits per heavy atom. The van der Waals surface area contributed by atoms with E-state index in [9.17, 15) is 24.3 Å². The van der Waals surface area contributed by atoms with Gasteiger partial charge in [-0.05, 0) is 18.9 Å². The minimum absolute atomic E-state index is 0.112. The van der Waals surface area contributed by atoms with Crippen LogP contribution in [0.4, 0.5) is 0 Å². The highest BCUT2D eigenvalue weighted by Gasteiger charge is 2.86. The van der Waals surface area contributed by atoms with Crippen LogP contribution in [0, 0.1) is 39.9 Å². The topological polar surface area (TPSA) is 142 Å². The van der Waals surface area contributed by atoms with E-state index in [1.165, 1.54) is 14.0 Å². The van der Waals surface area contributed by atoms with Gasteiger partial charge in [-0.3, -0.25) is 14.4 Å². The molecule has 2 bridgehead atoms. The summed E-state index contributed by atoms with van der Waals surface area (Å²) in [5.41, 5.74) is -2.82. The number of esters is 3. The molecule has 2 aliphatic heterocycles. The number of rotatable bonds is 4. The Morgan fingerprint density at radius 3 is 2.49 bits per heavy atom. The molecule has 212 valence electrons. The van der Waals surface area contributed by atoms with Crippen LogP contribution in [-0.4, -0.2) is 59.8 Å². The van der Waals surface area contributed by atoms with Crippen LogP contribution in [0.5, 0.6) is 0 Å². The molecule has 1 aromatic heterocycles. The molecule has 39 heavy (non-hydrogen) atoms. The number of epoxide rings is 1. The summed E-state index contributed by atoms with van der Waals surface area (Å²) in [4.78, 5) is 52.6. The Kier molecular flexibility index (Phi) is 5.54. The minimum atomic E-state index is -1.63. The zero-order valence-corrected chi connectivity index (χ0v) is 23.1. The van der Waals surface area contributed by atoms with Crippen LogP contribution in [0.1, 0.15) is 65.5 Å². The first-order valence-corrected chi connectivity index (χ1v) is 13.6. The number of ketones is 1. The number of hydrogen-bond donors (Lipinski definition) is 1. The molecule has 0 amide bonds. The van der Waals surface area contributed by atoms with Gasteiger partial charge >= 0.3 is 17.9 Å². The fourth-order valence-electron chi connectivity index (χ4n) is 9.69. The van der Waals surface area contributed by atoms with Gasteiger partial charge in [0.1, 0.15) is 29.7 Å². The molecule has 3 saturated carbocycles. The Hall–Kier alpha value is -2.72. The average Bonchev–Trinajstić information content (AvgIpc) is 3.32. The number of methoxy groups -OCH3 is 1. The summed E-state index contributed by atoms with van der Waals surface area (Å²) in [5.74, 6) is -4.38. The molecule has 11 atom stereocenters. The summed E-state index contributed by atoms with van der Waals surface area (Å²) >= 11 is 0. The molecule has 10 nitrogen and oxygen atoms in total. The maximum Gasteiger partial charge on any atom is 0.335 e. The van der Waals surface area contributed by atoms with Crippen LogP contribution in [-0.2, 0) is 38.1 Å². The van der Waals surface area contributed by atoms with Crippen molar-refractivity contribution in [2.75, 3.05) is 7.11 Å². The van der Waals surface area contributed by atoms with Crippen LogP contribution in [0.25, 0.3) is 0 Å². The van der Waals surface area contributed by atoms with E-state index in [4.69, 9.17) is 23.4 Å². The molecular weight excluding hydrogens is 508 g/mol. The van der Waals surface area contributed by atoms with E-state index in [1.54, 1.807) is 18.6 Å². The number of ether oxygens (including phenoxy) is 4. The number of Topliss-reactive ketones (excluding diaryl/α,β-unsaturated/α-hetero) is 1. The van der Waals surface area contributed by atoms with Gasteiger partial charge in [0.15, 0.2) is 6.10 Å². The van der Waals surface area contributed by atoms with Crippen molar-refractivity contribution in [1.82, 2.24) is 0 Å². The summed E-state index contributed by atoms with van der Waals surface area (Å²) in [7, 11) is 1.19. The first kappa shape index (κ1) is 26.5. The van der Waals surface area contributed by atoms with Crippen molar-refractivity contribution in [2.45, 2.75) is 83.9 Å². The van der Waals surface area contributed by atoms with Gasteiger partial charge < -0.3 is 28.5 Å². The molecule has 10 heteroatoms. The van der Waals surface area contributed by atoms with Crippen molar-refractivity contribution in [3.05, 3.63) is 24.2 Å². The zero-order chi connectivity index (χ0) is 28.3. The monoisotopic (exact) mass is 544 g/mol. The lowest BCUT2D eigenvalue weighted by molar-refractivity contribution is -0.231. The number of carbonyl (C=O) groups excluding carboxylic acids is 4. The highest BCUT2D eigenvalue weighted by molar-refractivity contribution is 5.94. The van der Waals surface area contributed by atoms with Crippen molar-refractivity contribution in [2.24, 2.45) is 39.9 Å². The van der Waals surface area contributed by atoms with Gasteiger partial charge in [0, 0.05) is 46.5 Å². The third-order valence-corrected chi connectivity index (χ3v) is 11.1. The van der Waals surface area contributed by atoms with Gasteiger partial charge in [0.2, 0.25) is 0 Å². The SMILES string of the molecule is COC(=O)[C@H](O)[C@H]1C(C)(C)[C@H](OC(C)=O)[C@@H]2C(=O)[C@]1(C)[C@H]1CC[C@]3(C)[C@@H](CC(=O)O[C@H]3c3ccoc3)[C@]13O[C@H]23. The molecule has 3 heterocycles. The largest absolute Gasteiger partial charge is 0.472 e. The fraction of sp³-hybridized carbons (Fsp3) is 0.724. The third kappa shape index (κ3) is 3.16. The molecule has 5 aliphatic rings. The quantitative estimate of drug-likeness (QED) is 0.342. The summed E-state index contributed by atoms with van der Waals surface area (Å²) < 4.78 is 28.6. The highest BCUT2D eigenvalue weighted by atomic mass is 16.6. The van der Waals surface area contributed by atoms with Crippen LogP contribution in [0.3, 0.4) is 0 Å². The molecule has 1 spiro atoms. The lowest BCUT2D eigenvalue weighted by Gasteiger charge is -2.65. The molecule has 0 radical (unpaired) electrons. The summed E-state index contributed by atoms with van der Waals surface area (Å²) in [5, 5.41) is 11.4. The smallest absolute Gasteiger partial charge is 0.335 e. The second kappa shape index (κ2) is 8.16. The Morgan fingerprint density at radius 2 is 1.87 bits per heavy atom. The molecule has 0 unspecified atom stereocenters. The number of carbonyl (C=O) groups is 4. The van der Waals surface area contributed by atoms with Gasteiger partial charge in [-0.1, -0.05) is 27.7 Å². The Balaban J connectivity index is 1.52. The van der Waals surface area contributed by atoms with Crippen LogP contribution in [0.2, 0.25) is 0 Å². The Labute approximate surface area is 226 Å². The molecule has 6 rings (SSSR count). The molecule has 0 aromatic carbocycles. The summed E-state index contributed by atoms with van der Waals surface area (Å²) in [6, 6.07) is 1.79. The number of aliphatic hydroxyl groups excluding tert-OH is 1. The third-order valence-electron chi connectivity index (χ3n) is 11.1. The molecule has 1 N–H and O–H groups in total. The maximum atomic E-state index is 14.4. The normalized spacial score (nSPS) is 46.1. The molecule has 2 saturated heterocycles. The van der Waals surface area contributed by atoms with Crippen LogP contribution >= 0.6 is 0 Å². The van der Waals surface area contributed by atoms with Gasteiger partial charge in [0.05, 0.1) is 32.0 Å². The Bertz CT molecular complexity index is 1240. The first-order chi connectivity index (χ1) is 18.3. The first-order valence-electron chi connectivity index (χ1n) is 13.6. The van der Waals surface area contributed by atoms with Crippen molar-refractivity contribution in [3.63, 3.8) is 0 Å². The fourth-order valence-corrected chi connectivity index (χ4v) is 9.69. The van der Waals surface area contributed by atoms with Crippen molar-refractivity contribution >= 4 is 23.7 Å². The average molecular weight is 545 g/mol. The molecule has 1 aromatic rings. The lowest BCUT2D eigenvalue weighted by Crippen LogP contribution is -2.74. The van der Waals surface area contributed by atoms with Crippen molar-refractivity contribution in [1.29, 1.82) is 0 Å². The predicted molar refractivity (Wildman–Crippen MR) is 132 cm³/mol. The van der Waals surface area contributed by atoms with E-state index < -0.39 is 70.0 Å². The van der Waals surface area contributed by atoms with E-state index in [0.717, 1.165) is 5.56 Å². The van der Waals surface area contributed by atoms with E-state index in [2.05, 4.69) is 6.92 Å². The van der Waals surface area contributed by atoms with E-state index in [-0.39, 0.29) is 30.0 Å². The lowest BCUT2D eigenvalue weighted by atomic mass is 9.37. The van der Waals surface area contributed by atoms with Crippen molar-refractivity contribution < 1.29 is 47.6 Å². The van der Waals surface area contributed by atoms with Gasteiger partial charge in [-0.25, -0.2) is 4.79 Å². The minimum Gasteiger partial charge on any atom is -0.472 e. The number of cyclic esters (lactones) is 1. The number of fused-ring (bicyclic) bond motifs is 5. The second-order valence-electron chi connectivity index (χ2n) is 13.1. The summed E-state index contributed by atoms with van der Waals surface area (Å²) in [6.45, 7) is 8.83. The molecular formula is C29H36O10. The number of furan rings is 1. The van der Waals surface area contributed by atoms with Gasteiger partial charge in [-0.2, -0.15) is 0 Å². The van der Waals surface area contributed by atoms with E-state index in [1.807, 2.05) is 20.8 Å². The summed E-state index contributed by atoms with van der Waals surface area (Å²) in [6.07, 6.45) is 0.741. The highest BCUT2D eigenvalue weighted by Crippen LogP contribution is 2.77. The zero-order valence-electron chi connectivity index (χ0n) is 23.1. The van der Waals surface area contributed by atoms with Crippen LogP contribution < -0.4 is 0 Å². The standard InChI is InChI=1S/C29H36O10/c1-13(30)37-23-18-21(33)28(5,20(26(23,2)3)19(32)25(34)35-6)15-7-9-27(4)16(29(15)24(18)39-29)11-17(31)38-22(27)14-8-10-36-12-14/h8,10,12,15-16,18-20,22-24,32H,7,9,11H2,1-6H3/t15-,16-,18+,19-,20+,22+,23-,24-,27-,28-,29-/m1/s1. The van der Waals surface area contributed by atoms with Crippen molar-refractivity contribution in [3.8, 4) is 0 Å². The second-order valence-corrected chi connectivity index (χ2v) is 13.1. The van der Waals surface area contributed by atoms with E-state index in [0.29, 0.717) is 12.8 Å².